The van der Waals surface area contributed by atoms with Crippen LogP contribution in [-0.4, -0.2) is 64.0 Å². The van der Waals surface area contributed by atoms with Crippen LogP contribution in [0.2, 0.25) is 0 Å². The predicted molar refractivity (Wildman–Crippen MR) is 104 cm³/mol. The van der Waals surface area contributed by atoms with E-state index in [2.05, 4.69) is 25.8 Å². The van der Waals surface area contributed by atoms with Gasteiger partial charge in [-0.15, -0.1) is 0 Å². The van der Waals surface area contributed by atoms with Crippen molar-refractivity contribution in [2.24, 2.45) is 0 Å². The molecule has 1 aliphatic carbocycles. The smallest absolute Gasteiger partial charge is 0.255 e. The number of halogens is 1. The Morgan fingerprint density at radius 2 is 1.96 bits per heavy atom. The van der Waals surface area contributed by atoms with E-state index in [0.717, 1.165) is 43.0 Å². The van der Waals surface area contributed by atoms with E-state index >= 15 is 0 Å². The third-order valence-corrected chi connectivity index (χ3v) is 6.51. The van der Waals surface area contributed by atoms with Crippen LogP contribution in [0, 0.1) is 0 Å². The fourth-order valence-electron chi connectivity index (χ4n) is 4.58. The van der Waals surface area contributed by atoms with Gasteiger partial charge in [0.15, 0.2) is 0 Å². The molecule has 3 heterocycles. The van der Waals surface area contributed by atoms with Gasteiger partial charge in [0.05, 0.1) is 11.2 Å². The SMILES string of the molecule is CC(=O)N(C1CC1)C1CCOC2(CCN(C(=O)c3cncc(Br)c3)CC2)C1. The Bertz CT molecular complexity index is 729. The van der Waals surface area contributed by atoms with Crippen molar-refractivity contribution in [2.45, 2.75) is 63.1 Å². The monoisotopic (exact) mass is 435 g/mol. The lowest BCUT2D eigenvalue weighted by Gasteiger charge is -2.48. The minimum absolute atomic E-state index is 0.0225. The minimum atomic E-state index is -0.197. The van der Waals surface area contributed by atoms with Crippen molar-refractivity contribution in [1.29, 1.82) is 0 Å². The summed E-state index contributed by atoms with van der Waals surface area (Å²) >= 11 is 3.37. The van der Waals surface area contributed by atoms with Crippen molar-refractivity contribution in [3.05, 3.63) is 28.5 Å². The second kappa shape index (κ2) is 7.51. The van der Waals surface area contributed by atoms with Gasteiger partial charge in [-0.25, -0.2) is 0 Å². The first-order valence-electron chi connectivity index (χ1n) is 9.80. The van der Waals surface area contributed by atoms with Gasteiger partial charge in [0.1, 0.15) is 0 Å². The molecule has 1 unspecified atom stereocenters. The molecule has 1 saturated carbocycles. The summed E-state index contributed by atoms with van der Waals surface area (Å²) in [7, 11) is 0. The highest BCUT2D eigenvalue weighted by molar-refractivity contribution is 9.10. The van der Waals surface area contributed by atoms with E-state index in [1.54, 1.807) is 19.3 Å². The molecule has 1 atom stereocenters. The number of likely N-dealkylation sites (tertiary alicyclic amines) is 1. The normalized spacial score (nSPS) is 24.7. The van der Waals surface area contributed by atoms with E-state index in [0.29, 0.717) is 31.3 Å². The maximum Gasteiger partial charge on any atom is 0.255 e. The topological polar surface area (TPSA) is 62.7 Å². The second-order valence-corrected chi connectivity index (χ2v) is 8.94. The van der Waals surface area contributed by atoms with Crippen molar-refractivity contribution in [3.63, 3.8) is 0 Å². The number of hydrogen-bond acceptors (Lipinski definition) is 4. The van der Waals surface area contributed by atoms with Crippen LogP contribution in [0.15, 0.2) is 22.9 Å². The fourth-order valence-corrected chi connectivity index (χ4v) is 4.95. The van der Waals surface area contributed by atoms with Gasteiger partial charge in [-0.2, -0.15) is 0 Å². The lowest BCUT2D eigenvalue weighted by atomic mass is 9.81. The molecule has 7 heteroatoms. The Hall–Kier alpha value is -1.47. The number of hydrogen-bond donors (Lipinski definition) is 0. The van der Waals surface area contributed by atoms with E-state index in [1.807, 2.05) is 11.0 Å². The maximum atomic E-state index is 12.8. The summed E-state index contributed by atoms with van der Waals surface area (Å²) in [4.78, 5) is 33.0. The molecule has 0 radical (unpaired) electrons. The number of aromatic nitrogens is 1. The molecule has 1 aromatic rings. The molecule has 6 nitrogen and oxygen atoms in total. The second-order valence-electron chi connectivity index (χ2n) is 8.02. The van der Waals surface area contributed by atoms with E-state index in [9.17, 15) is 9.59 Å². The summed E-state index contributed by atoms with van der Waals surface area (Å²) in [6.07, 6.45) is 9.03. The number of piperidine rings is 1. The Balaban J connectivity index is 1.40. The van der Waals surface area contributed by atoms with Crippen LogP contribution in [0.3, 0.4) is 0 Å². The van der Waals surface area contributed by atoms with Crippen molar-refractivity contribution in [3.8, 4) is 0 Å². The number of ether oxygens (including phenoxy) is 1. The van der Waals surface area contributed by atoms with Crippen LogP contribution in [0.1, 0.15) is 55.8 Å². The standard InChI is InChI=1S/C20H26BrN3O3/c1-14(25)24(17-2-3-17)18-4-9-27-20(11-18)5-7-23(8-6-20)19(26)15-10-16(21)13-22-12-15/h10,12-13,17-18H,2-9,11H2,1H3. The van der Waals surface area contributed by atoms with Gasteiger partial charge >= 0.3 is 0 Å². The summed E-state index contributed by atoms with van der Waals surface area (Å²) in [5, 5.41) is 0. The number of carbonyl (C=O) groups excluding carboxylic acids is 2. The number of rotatable bonds is 3. The molecule has 3 fully saturated rings. The Labute approximate surface area is 168 Å². The highest BCUT2D eigenvalue weighted by Crippen LogP contribution is 2.40. The quantitative estimate of drug-likeness (QED) is 0.731. The molecule has 1 spiro atoms. The van der Waals surface area contributed by atoms with E-state index in [1.165, 1.54) is 0 Å². The van der Waals surface area contributed by atoms with Gasteiger partial charge < -0.3 is 14.5 Å². The summed E-state index contributed by atoms with van der Waals surface area (Å²) in [6.45, 7) is 3.75. The van der Waals surface area contributed by atoms with Crippen LogP contribution in [0.5, 0.6) is 0 Å². The molecule has 3 aliphatic rings. The van der Waals surface area contributed by atoms with E-state index in [4.69, 9.17) is 4.74 Å². The third-order valence-electron chi connectivity index (χ3n) is 6.08. The highest BCUT2D eigenvalue weighted by Gasteiger charge is 2.45. The first-order valence-corrected chi connectivity index (χ1v) is 10.6. The van der Waals surface area contributed by atoms with Gasteiger partial charge in [0.25, 0.3) is 5.91 Å². The first kappa shape index (κ1) is 18.9. The Kier molecular flexibility index (Phi) is 5.25. The Morgan fingerprint density at radius 1 is 1.22 bits per heavy atom. The van der Waals surface area contributed by atoms with Gasteiger partial charge in [-0.05, 0) is 60.5 Å². The molecule has 1 aromatic heterocycles. The molecular weight excluding hydrogens is 410 g/mol. The number of pyridine rings is 1. The number of amides is 2. The summed E-state index contributed by atoms with van der Waals surface area (Å²) < 4.78 is 7.03. The van der Waals surface area contributed by atoms with Crippen molar-refractivity contribution in [2.75, 3.05) is 19.7 Å². The summed E-state index contributed by atoms with van der Waals surface area (Å²) in [5.74, 6) is 0.212. The van der Waals surface area contributed by atoms with Crippen LogP contribution < -0.4 is 0 Å². The average Bonchev–Trinajstić information content (AvgIpc) is 3.47. The molecule has 0 aromatic carbocycles. The number of nitrogens with zero attached hydrogens (tertiary/aromatic N) is 3. The van der Waals surface area contributed by atoms with Crippen molar-refractivity contribution < 1.29 is 14.3 Å². The van der Waals surface area contributed by atoms with Crippen LogP contribution in [-0.2, 0) is 9.53 Å². The van der Waals surface area contributed by atoms with E-state index in [-0.39, 0.29) is 23.5 Å². The minimum Gasteiger partial charge on any atom is -0.375 e. The van der Waals surface area contributed by atoms with Crippen LogP contribution in [0.25, 0.3) is 0 Å². The molecule has 27 heavy (non-hydrogen) atoms. The molecule has 0 bridgehead atoms. The molecule has 2 aliphatic heterocycles. The zero-order chi connectivity index (χ0) is 19.0. The van der Waals surface area contributed by atoms with Gasteiger partial charge in [-0.3, -0.25) is 14.6 Å². The zero-order valence-electron chi connectivity index (χ0n) is 15.7. The fraction of sp³-hybridized carbons (Fsp3) is 0.650. The lowest BCUT2D eigenvalue weighted by molar-refractivity contribution is -0.148. The molecule has 146 valence electrons. The highest BCUT2D eigenvalue weighted by atomic mass is 79.9. The summed E-state index contributed by atoms with van der Waals surface area (Å²) in [5.41, 5.74) is 0.414. The van der Waals surface area contributed by atoms with Crippen LogP contribution in [0.4, 0.5) is 0 Å². The molecule has 2 amide bonds. The van der Waals surface area contributed by atoms with Crippen molar-refractivity contribution in [1.82, 2.24) is 14.8 Å². The molecular formula is C20H26BrN3O3. The van der Waals surface area contributed by atoms with Gasteiger partial charge in [0, 0.05) is 55.6 Å². The molecule has 4 rings (SSSR count). The number of carbonyl (C=O) groups is 2. The lowest BCUT2D eigenvalue weighted by Crippen LogP contribution is -2.55. The Morgan fingerprint density at radius 3 is 2.59 bits per heavy atom. The average molecular weight is 436 g/mol. The van der Waals surface area contributed by atoms with Crippen LogP contribution >= 0.6 is 15.9 Å². The van der Waals surface area contributed by atoms with Crippen molar-refractivity contribution >= 4 is 27.7 Å². The summed E-state index contributed by atoms with van der Waals surface area (Å²) in [6, 6.07) is 2.53. The molecule has 0 N–H and O–H groups in total. The third kappa shape index (κ3) is 4.04. The predicted octanol–water partition coefficient (Wildman–Crippen LogP) is 3.01. The zero-order valence-corrected chi connectivity index (χ0v) is 17.3. The van der Waals surface area contributed by atoms with E-state index < -0.39 is 0 Å². The largest absolute Gasteiger partial charge is 0.375 e. The maximum absolute atomic E-state index is 12.8. The van der Waals surface area contributed by atoms with Gasteiger partial charge in [0.2, 0.25) is 5.91 Å². The van der Waals surface area contributed by atoms with Gasteiger partial charge in [-0.1, -0.05) is 0 Å². The first-order chi connectivity index (χ1) is 13.0. The molecule has 2 saturated heterocycles.